The summed E-state index contributed by atoms with van der Waals surface area (Å²) >= 11 is 0. The SMILES string of the molecule is CCNC(=NCc1nc(C)c(C)o1)NCCCCn1ccccc1=O. The van der Waals surface area contributed by atoms with Gasteiger partial charge in [-0.25, -0.2) is 9.98 Å². The molecule has 0 saturated heterocycles. The van der Waals surface area contributed by atoms with Gasteiger partial charge in [-0.3, -0.25) is 4.79 Å². The number of guanidine groups is 1. The van der Waals surface area contributed by atoms with E-state index in [4.69, 9.17) is 4.42 Å². The van der Waals surface area contributed by atoms with Crippen LogP contribution >= 0.6 is 0 Å². The molecule has 136 valence electrons. The van der Waals surface area contributed by atoms with Gasteiger partial charge in [0.2, 0.25) is 11.4 Å². The van der Waals surface area contributed by atoms with Crippen molar-refractivity contribution in [1.29, 1.82) is 0 Å². The molecule has 0 radical (unpaired) electrons. The van der Waals surface area contributed by atoms with Crippen LogP contribution in [0.3, 0.4) is 0 Å². The molecule has 0 aliphatic rings. The Morgan fingerprint density at radius 1 is 1.28 bits per heavy atom. The molecule has 0 amide bonds. The maximum atomic E-state index is 11.6. The molecule has 0 unspecified atom stereocenters. The van der Waals surface area contributed by atoms with Gasteiger partial charge in [-0.15, -0.1) is 0 Å². The fraction of sp³-hybridized carbons (Fsp3) is 0.500. The minimum absolute atomic E-state index is 0.0434. The number of oxazole rings is 1. The quantitative estimate of drug-likeness (QED) is 0.434. The van der Waals surface area contributed by atoms with E-state index in [0.717, 1.165) is 49.9 Å². The second kappa shape index (κ2) is 9.66. The molecule has 0 saturated carbocycles. The summed E-state index contributed by atoms with van der Waals surface area (Å²) in [5.74, 6) is 2.20. The predicted octanol–water partition coefficient (Wildman–Crippen LogP) is 1.99. The highest BCUT2D eigenvalue weighted by Gasteiger charge is 2.05. The number of aromatic nitrogens is 2. The van der Waals surface area contributed by atoms with Crippen molar-refractivity contribution in [3.05, 3.63) is 52.1 Å². The van der Waals surface area contributed by atoms with Crippen molar-refractivity contribution in [1.82, 2.24) is 20.2 Å². The summed E-state index contributed by atoms with van der Waals surface area (Å²) in [6.07, 6.45) is 3.69. The van der Waals surface area contributed by atoms with Crippen molar-refractivity contribution < 1.29 is 4.42 Å². The summed E-state index contributed by atoms with van der Waals surface area (Å²) in [6.45, 7) is 8.56. The number of aliphatic imine (C=N–C) groups is 1. The molecule has 2 N–H and O–H groups in total. The lowest BCUT2D eigenvalue weighted by atomic mass is 10.3. The second-order valence-electron chi connectivity index (χ2n) is 5.81. The highest BCUT2D eigenvalue weighted by Crippen LogP contribution is 2.08. The van der Waals surface area contributed by atoms with E-state index in [9.17, 15) is 4.79 Å². The Morgan fingerprint density at radius 2 is 2.12 bits per heavy atom. The van der Waals surface area contributed by atoms with Gasteiger partial charge < -0.3 is 19.6 Å². The van der Waals surface area contributed by atoms with Crippen molar-refractivity contribution in [2.45, 2.75) is 46.7 Å². The van der Waals surface area contributed by atoms with Gasteiger partial charge in [-0.1, -0.05) is 6.07 Å². The van der Waals surface area contributed by atoms with Crippen LogP contribution < -0.4 is 16.2 Å². The number of aryl methyl sites for hydroxylation is 3. The normalized spacial score (nSPS) is 11.6. The molecule has 7 nitrogen and oxygen atoms in total. The third-order valence-corrected chi connectivity index (χ3v) is 3.81. The van der Waals surface area contributed by atoms with Crippen molar-refractivity contribution in [3.63, 3.8) is 0 Å². The molecule has 0 bridgehead atoms. The van der Waals surface area contributed by atoms with Crippen LogP contribution in [-0.4, -0.2) is 28.6 Å². The van der Waals surface area contributed by atoms with Crippen LogP contribution in [0, 0.1) is 13.8 Å². The van der Waals surface area contributed by atoms with E-state index >= 15 is 0 Å². The summed E-state index contributed by atoms with van der Waals surface area (Å²) in [6, 6.07) is 5.22. The summed E-state index contributed by atoms with van der Waals surface area (Å²) in [4.78, 5) is 20.4. The van der Waals surface area contributed by atoms with Gasteiger partial charge in [0, 0.05) is 31.9 Å². The van der Waals surface area contributed by atoms with Crippen LogP contribution in [0.2, 0.25) is 0 Å². The minimum atomic E-state index is 0.0434. The number of hydrogen-bond donors (Lipinski definition) is 2. The molecule has 0 aliphatic heterocycles. The summed E-state index contributed by atoms with van der Waals surface area (Å²) in [5, 5.41) is 6.50. The third-order valence-electron chi connectivity index (χ3n) is 3.81. The first-order valence-corrected chi connectivity index (χ1v) is 8.70. The molecule has 0 aromatic carbocycles. The number of unbranched alkanes of at least 4 members (excludes halogenated alkanes) is 1. The van der Waals surface area contributed by atoms with E-state index in [0.29, 0.717) is 12.4 Å². The highest BCUT2D eigenvalue weighted by molar-refractivity contribution is 5.79. The monoisotopic (exact) mass is 345 g/mol. The summed E-state index contributed by atoms with van der Waals surface area (Å²) in [7, 11) is 0. The molecule has 2 rings (SSSR count). The lowest BCUT2D eigenvalue weighted by Crippen LogP contribution is -2.37. The molecule has 2 aromatic rings. The number of rotatable bonds is 8. The topological polar surface area (TPSA) is 84.4 Å². The van der Waals surface area contributed by atoms with Crippen LogP contribution in [-0.2, 0) is 13.1 Å². The maximum absolute atomic E-state index is 11.6. The lowest BCUT2D eigenvalue weighted by molar-refractivity contribution is 0.472. The fourth-order valence-electron chi connectivity index (χ4n) is 2.35. The van der Waals surface area contributed by atoms with Crippen molar-refractivity contribution in [3.8, 4) is 0 Å². The van der Waals surface area contributed by atoms with Crippen LogP contribution in [0.1, 0.15) is 37.1 Å². The lowest BCUT2D eigenvalue weighted by Gasteiger charge is -2.11. The molecule has 2 heterocycles. The van der Waals surface area contributed by atoms with E-state index in [1.807, 2.05) is 33.0 Å². The Labute approximate surface area is 148 Å². The number of nitrogens with zero attached hydrogens (tertiary/aromatic N) is 3. The Bertz CT molecular complexity index is 728. The minimum Gasteiger partial charge on any atom is -0.444 e. The van der Waals surface area contributed by atoms with Crippen molar-refractivity contribution in [2.24, 2.45) is 4.99 Å². The van der Waals surface area contributed by atoms with Crippen LogP contribution in [0.5, 0.6) is 0 Å². The molecule has 0 aliphatic carbocycles. The molecule has 0 spiro atoms. The molecule has 7 heteroatoms. The first-order chi connectivity index (χ1) is 12.1. The van der Waals surface area contributed by atoms with E-state index in [1.165, 1.54) is 0 Å². The smallest absolute Gasteiger partial charge is 0.250 e. The number of nitrogens with one attached hydrogen (secondary N) is 2. The van der Waals surface area contributed by atoms with Gasteiger partial charge in [0.05, 0.1) is 5.69 Å². The van der Waals surface area contributed by atoms with Crippen molar-refractivity contribution >= 4 is 5.96 Å². The van der Waals surface area contributed by atoms with Gasteiger partial charge in [-0.2, -0.15) is 0 Å². The first kappa shape index (κ1) is 18.8. The zero-order chi connectivity index (χ0) is 18.1. The Hall–Kier alpha value is -2.57. The first-order valence-electron chi connectivity index (χ1n) is 8.70. The number of hydrogen-bond acceptors (Lipinski definition) is 4. The molecular weight excluding hydrogens is 318 g/mol. The Morgan fingerprint density at radius 3 is 2.80 bits per heavy atom. The molecule has 0 fully saturated rings. The fourth-order valence-corrected chi connectivity index (χ4v) is 2.35. The van der Waals surface area contributed by atoms with E-state index < -0.39 is 0 Å². The van der Waals surface area contributed by atoms with Crippen LogP contribution in [0.15, 0.2) is 38.6 Å². The average Bonchev–Trinajstić information content (AvgIpc) is 2.92. The van der Waals surface area contributed by atoms with E-state index in [1.54, 1.807) is 16.7 Å². The Kier molecular flexibility index (Phi) is 7.25. The molecule has 2 aromatic heterocycles. The van der Waals surface area contributed by atoms with E-state index in [-0.39, 0.29) is 5.56 Å². The van der Waals surface area contributed by atoms with Gasteiger partial charge >= 0.3 is 0 Å². The second-order valence-corrected chi connectivity index (χ2v) is 5.81. The van der Waals surface area contributed by atoms with Gasteiger partial charge in [0.1, 0.15) is 12.3 Å². The zero-order valence-electron chi connectivity index (χ0n) is 15.2. The van der Waals surface area contributed by atoms with Gasteiger partial charge in [-0.05, 0) is 39.7 Å². The van der Waals surface area contributed by atoms with Gasteiger partial charge in [0.25, 0.3) is 0 Å². The van der Waals surface area contributed by atoms with Crippen molar-refractivity contribution in [2.75, 3.05) is 13.1 Å². The van der Waals surface area contributed by atoms with E-state index in [2.05, 4.69) is 20.6 Å². The molecule has 25 heavy (non-hydrogen) atoms. The number of pyridine rings is 1. The third kappa shape index (κ3) is 6.10. The van der Waals surface area contributed by atoms with Crippen LogP contribution in [0.25, 0.3) is 0 Å². The highest BCUT2D eigenvalue weighted by atomic mass is 16.4. The predicted molar refractivity (Wildman–Crippen MR) is 98.7 cm³/mol. The average molecular weight is 345 g/mol. The summed E-state index contributed by atoms with van der Waals surface area (Å²) in [5.41, 5.74) is 0.946. The molecule has 0 atom stereocenters. The standard InChI is InChI=1S/C18H27N5O2/c1-4-19-18(21-13-16-22-14(2)15(3)25-16)20-10-6-8-12-23-11-7-5-9-17(23)24/h5,7,9,11H,4,6,8,10,12-13H2,1-3H3,(H2,19,20,21). The Balaban J connectivity index is 1.76. The van der Waals surface area contributed by atoms with Crippen LogP contribution in [0.4, 0.5) is 0 Å². The molecular formula is C18H27N5O2. The maximum Gasteiger partial charge on any atom is 0.250 e. The summed E-state index contributed by atoms with van der Waals surface area (Å²) < 4.78 is 7.27. The van der Waals surface area contributed by atoms with Gasteiger partial charge in [0.15, 0.2) is 5.96 Å². The largest absolute Gasteiger partial charge is 0.444 e. The zero-order valence-corrected chi connectivity index (χ0v) is 15.2.